The molecule has 0 heterocycles. The summed E-state index contributed by atoms with van der Waals surface area (Å²) in [6.45, 7) is 1.00. The highest BCUT2D eigenvalue weighted by Crippen LogP contribution is 2.50. The van der Waals surface area contributed by atoms with E-state index < -0.39 is 0 Å². The summed E-state index contributed by atoms with van der Waals surface area (Å²) in [5.74, 6) is 0.872. The number of hydrogen-bond acceptors (Lipinski definition) is 1. The summed E-state index contributed by atoms with van der Waals surface area (Å²) >= 11 is 0. The van der Waals surface area contributed by atoms with Crippen molar-refractivity contribution in [2.75, 3.05) is 13.7 Å². The molecule has 0 aromatic carbocycles. The first-order valence-corrected chi connectivity index (χ1v) is 5.84. The SMILES string of the molecule is COC[C@H]1CCCC2(CCCC2)C1. The molecule has 0 aromatic rings. The molecule has 1 atom stereocenters. The van der Waals surface area contributed by atoms with E-state index in [1.54, 1.807) is 0 Å². The molecule has 2 aliphatic rings. The second kappa shape index (κ2) is 4.00. The van der Waals surface area contributed by atoms with E-state index in [1.807, 2.05) is 7.11 Å². The maximum atomic E-state index is 5.28. The lowest BCUT2D eigenvalue weighted by molar-refractivity contribution is 0.0736. The Kier molecular flexibility index (Phi) is 2.92. The van der Waals surface area contributed by atoms with Crippen LogP contribution in [-0.4, -0.2) is 13.7 Å². The predicted molar refractivity (Wildman–Crippen MR) is 54.7 cm³/mol. The van der Waals surface area contributed by atoms with Crippen molar-refractivity contribution in [3.63, 3.8) is 0 Å². The molecule has 13 heavy (non-hydrogen) atoms. The van der Waals surface area contributed by atoms with Gasteiger partial charge in [-0.3, -0.25) is 0 Å². The van der Waals surface area contributed by atoms with E-state index in [-0.39, 0.29) is 0 Å². The second-order valence-corrected chi connectivity index (χ2v) is 5.12. The highest BCUT2D eigenvalue weighted by atomic mass is 16.5. The molecule has 2 rings (SSSR count). The van der Waals surface area contributed by atoms with E-state index in [1.165, 1.54) is 51.4 Å². The third-order valence-electron chi connectivity index (χ3n) is 4.11. The highest BCUT2D eigenvalue weighted by Gasteiger charge is 2.38. The minimum absolute atomic E-state index is 0.765. The fraction of sp³-hybridized carbons (Fsp3) is 1.00. The van der Waals surface area contributed by atoms with Gasteiger partial charge < -0.3 is 4.74 Å². The van der Waals surface area contributed by atoms with Gasteiger partial charge in [0.15, 0.2) is 0 Å². The smallest absolute Gasteiger partial charge is 0.0490 e. The van der Waals surface area contributed by atoms with Crippen molar-refractivity contribution in [1.29, 1.82) is 0 Å². The Hall–Kier alpha value is -0.0400. The Labute approximate surface area is 81.9 Å². The van der Waals surface area contributed by atoms with Crippen LogP contribution in [-0.2, 0) is 4.74 Å². The van der Waals surface area contributed by atoms with Gasteiger partial charge in [0, 0.05) is 13.7 Å². The lowest BCUT2D eigenvalue weighted by Crippen LogP contribution is -2.27. The van der Waals surface area contributed by atoms with Gasteiger partial charge in [-0.05, 0) is 43.4 Å². The monoisotopic (exact) mass is 182 g/mol. The Bertz CT molecular complexity index is 157. The third-order valence-corrected chi connectivity index (χ3v) is 4.11. The summed E-state index contributed by atoms with van der Waals surface area (Å²) in [6, 6.07) is 0. The van der Waals surface area contributed by atoms with E-state index in [4.69, 9.17) is 4.74 Å². The van der Waals surface area contributed by atoms with Crippen molar-refractivity contribution in [1.82, 2.24) is 0 Å². The Morgan fingerprint density at radius 1 is 1.15 bits per heavy atom. The van der Waals surface area contributed by atoms with Crippen molar-refractivity contribution in [2.45, 2.75) is 51.4 Å². The average molecular weight is 182 g/mol. The van der Waals surface area contributed by atoms with Gasteiger partial charge in [-0.2, -0.15) is 0 Å². The zero-order chi connectivity index (χ0) is 9.15. The quantitative estimate of drug-likeness (QED) is 0.636. The molecule has 76 valence electrons. The molecule has 0 bridgehead atoms. The summed E-state index contributed by atoms with van der Waals surface area (Å²) < 4.78 is 5.28. The summed E-state index contributed by atoms with van der Waals surface area (Å²) in [4.78, 5) is 0. The summed E-state index contributed by atoms with van der Waals surface area (Å²) in [7, 11) is 1.84. The van der Waals surface area contributed by atoms with Gasteiger partial charge in [0.25, 0.3) is 0 Å². The van der Waals surface area contributed by atoms with Crippen molar-refractivity contribution in [3.05, 3.63) is 0 Å². The van der Waals surface area contributed by atoms with Crippen LogP contribution in [0.1, 0.15) is 51.4 Å². The molecule has 0 N–H and O–H groups in total. The minimum Gasteiger partial charge on any atom is -0.384 e. The molecule has 1 heteroatoms. The molecule has 1 nitrogen and oxygen atoms in total. The Balaban J connectivity index is 1.90. The van der Waals surface area contributed by atoms with Crippen LogP contribution < -0.4 is 0 Å². The number of ether oxygens (including phenoxy) is 1. The van der Waals surface area contributed by atoms with Crippen LogP contribution in [0.2, 0.25) is 0 Å². The predicted octanol–water partition coefficient (Wildman–Crippen LogP) is 3.38. The van der Waals surface area contributed by atoms with Crippen molar-refractivity contribution < 1.29 is 4.74 Å². The molecule has 0 saturated heterocycles. The van der Waals surface area contributed by atoms with E-state index in [0.717, 1.165) is 17.9 Å². The minimum atomic E-state index is 0.765. The molecular weight excluding hydrogens is 160 g/mol. The van der Waals surface area contributed by atoms with Crippen LogP contribution >= 0.6 is 0 Å². The van der Waals surface area contributed by atoms with Gasteiger partial charge in [0.05, 0.1) is 0 Å². The normalized spacial score (nSPS) is 32.5. The van der Waals surface area contributed by atoms with Gasteiger partial charge >= 0.3 is 0 Å². The van der Waals surface area contributed by atoms with Gasteiger partial charge in [-0.15, -0.1) is 0 Å². The Morgan fingerprint density at radius 3 is 2.54 bits per heavy atom. The summed E-state index contributed by atoms with van der Waals surface area (Å²) in [5.41, 5.74) is 0.765. The van der Waals surface area contributed by atoms with Gasteiger partial charge in [0.2, 0.25) is 0 Å². The topological polar surface area (TPSA) is 9.23 Å². The zero-order valence-electron chi connectivity index (χ0n) is 8.85. The molecule has 0 amide bonds. The van der Waals surface area contributed by atoms with E-state index in [2.05, 4.69) is 0 Å². The first-order valence-electron chi connectivity index (χ1n) is 5.84. The maximum Gasteiger partial charge on any atom is 0.0490 e. The average Bonchev–Trinajstić information content (AvgIpc) is 2.54. The van der Waals surface area contributed by atoms with Gasteiger partial charge in [-0.25, -0.2) is 0 Å². The van der Waals surface area contributed by atoms with Crippen LogP contribution in [0.15, 0.2) is 0 Å². The van der Waals surface area contributed by atoms with E-state index in [9.17, 15) is 0 Å². The van der Waals surface area contributed by atoms with Crippen LogP contribution in [0, 0.1) is 11.3 Å². The highest BCUT2D eigenvalue weighted by molar-refractivity contribution is 4.89. The summed E-state index contributed by atoms with van der Waals surface area (Å²) in [5, 5.41) is 0. The first kappa shape index (κ1) is 9.51. The van der Waals surface area contributed by atoms with Crippen LogP contribution in [0.25, 0.3) is 0 Å². The fourth-order valence-electron chi connectivity index (χ4n) is 3.54. The first-order chi connectivity index (χ1) is 6.35. The molecule has 2 fully saturated rings. The number of rotatable bonds is 2. The molecule has 0 unspecified atom stereocenters. The standard InChI is InChI=1S/C12H22O/c1-13-10-11-5-4-8-12(9-11)6-2-3-7-12/h11H,2-10H2,1H3/t11-/m0/s1. The number of hydrogen-bond donors (Lipinski definition) is 0. The molecule has 2 aliphatic carbocycles. The van der Waals surface area contributed by atoms with Crippen molar-refractivity contribution in [2.24, 2.45) is 11.3 Å². The van der Waals surface area contributed by atoms with Crippen molar-refractivity contribution in [3.8, 4) is 0 Å². The van der Waals surface area contributed by atoms with Crippen LogP contribution in [0.5, 0.6) is 0 Å². The third kappa shape index (κ3) is 2.07. The van der Waals surface area contributed by atoms with Crippen LogP contribution in [0.3, 0.4) is 0 Å². The lowest BCUT2D eigenvalue weighted by atomic mass is 9.69. The molecule has 0 radical (unpaired) electrons. The molecule has 0 aromatic heterocycles. The second-order valence-electron chi connectivity index (χ2n) is 5.12. The lowest BCUT2D eigenvalue weighted by Gasteiger charge is -2.37. The van der Waals surface area contributed by atoms with E-state index in [0.29, 0.717) is 0 Å². The molecular formula is C12H22O. The number of methoxy groups -OCH3 is 1. The molecule has 1 spiro atoms. The molecule has 2 saturated carbocycles. The Morgan fingerprint density at radius 2 is 1.85 bits per heavy atom. The molecule has 0 aliphatic heterocycles. The van der Waals surface area contributed by atoms with Gasteiger partial charge in [-0.1, -0.05) is 19.3 Å². The summed E-state index contributed by atoms with van der Waals surface area (Å²) in [6.07, 6.45) is 11.8. The van der Waals surface area contributed by atoms with Gasteiger partial charge in [0.1, 0.15) is 0 Å². The van der Waals surface area contributed by atoms with Crippen LogP contribution in [0.4, 0.5) is 0 Å². The van der Waals surface area contributed by atoms with E-state index >= 15 is 0 Å². The fourth-order valence-corrected chi connectivity index (χ4v) is 3.54. The maximum absolute atomic E-state index is 5.28. The largest absolute Gasteiger partial charge is 0.384 e. The van der Waals surface area contributed by atoms with Crippen molar-refractivity contribution >= 4 is 0 Å². The zero-order valence-corrected chi connectivity index (χ0v) is 8.85.